The molecule has 0 aromatic heterocycles. The summed E-state index contributed by atoms with van der Waals surface area (Å²) in [5.74, 6) is 3.90. The Balaban J connectivity index is 1.88. The summed E-state index contributed by atoms with van der Waals surface area (Å²) < 4.78 is 6.48. The zero-order valence-electron chi connectivity index (χ0n) is 8.58. The predicted molar refractivity (Wildman–Crippen MR) is 50.5 cm³/mol. The van der Waals surface area contributed by atoms with E-state index in [1.165, 1.54) is 6.42 Å². The van der Waals surface area contributed by atoms with E-state index < -0.39 is 0 Å². The van der Waals surface area contributed by atoms with Gasteiger partial charge in [0.25, 0.3) is 0 Å². The van der Waals surface area contributed by atoms with Crippen LogP contribution < -0.4 is 0 Å². The zero-order valence-corrected chi connectivity index (χ0v) is 8.58. The van der Waals surface area contributed by atoms with Gasteiger partial charge in [-0.2, -0.15) is 0 Å². The van der Waals surface area contributed by atoms with Crippen LogP contribution in [0.3, 0.4) is 0 Å². The van der Waals surface area contributed by atoms with Gasteiger partial charge in [-0.3, -0.25) is 0 Å². The standard InChI is InChI=1S/C13H14O/c1-10-8-6-5-7-9(8)11(2,14-10)13(7)4-3-12(6,10)13/h3-4,6-9H,5H2,1-2H3. The minimum Gasteiger partial charge on any atom is -0.367 e. The van der Waals surface area contributed by atoms with E-state index in [-0.39, 0.29) is 11.2 Å². The Morgan fingerprint density at radius 1 is 1.00 bits per heavy atom. The number of hydrogen-bond donors (Lipinski definition) is 0. The SMILES string of the molecule is CC12OC3(C)C4C1C1CC4C34C=CC124. The Labute approximate surface area is 83.5 Å². The maximum atomic E-state index is 6.48. The summed E-state index contributed by atoms with van der Waals surface area (Å²) in [5.41, 5.74) is 1.58. The molecule has 1 heteroatoms. The largest absolute Gasteiger partial charge is 0.367 e. The fourth-order valence-electron chi connectivity index (χ4n) is 7.75. The fourth-order valence-corrected chi connectivity index (χ4v) is 7.75. The lowest BCUT2D eigenvalue weighted by Crippen LogP contribution is -2.83. The summed E-state index contributed by atoms with van der Waals surface area (Å²) in [6.07, 6.45) is 6.57. The summed E-state index contributed by atoms with van der Waals surface area (Å²) in [5, 5.41) is 0. The highest BCUT2D eigenvalue weighted by Crippen LogP contribution is 3.03. The molecule has 0 N–H and O–H groups in total. The van der Waals surface area contributed by atoms with Crippen LogP contribution in [0.15, 0.2) is 12.2 Å². The van der Waals surface area contributed by atoms with Crippen molar-refractivity contribution in [2.45, 2.75) is 31.5 Å². The van der Waals surface area contributed by atoms with Crippen molar-refractivity contribution < 1.29 is 4.74 Å². The molecular formula is C13H14O. The van der Waals surface area contributed by atoms with E-state index in [1.807, 2.05) is 0 Å². The molecule has 0 radical (unpaired) electrons. The average Bonchev–Trinajstić information content (AvgIpc) is 2.51. The molecule has 4 bridgehead atoms. The van der Waals surface area contributed by atoms with Gasteiger partial charge in [0.15, 0.2) is 0 Å². The van der Waals surface area contributed by atoms with Gasteiger partial charge < -0.3 is 4.74 Å². The van der Waals surface area contributed by atoms with Crippen LogP contribution in [-0.4, -0.2) is 11.2 Å². The van der Waals surface area contributed by atoms with Crippen molar-refractivity contribution in [2.75, 3.05) is 0 Å². The van der Waals surface area contributed by atoms with Crippen LogP contribution >= 0.6 is 0 Å². The van der Waals surface area contributed by atoms with Gasteiger partial charge in [0.1, 0.15) is 0 Å². The molecule has 1 nitrogen and oxygen atoms in total. The molecule has 2 saturated heterocycles. The maximum Gasteiger partial charge on any atom is 0.0799 e. The van der Waals surface area contributed by atoms with Crippen molar-refractivity contribution in [2.24, 2.45) is 34.5 Å². The number of ether oxygens (including phenoxy) is 1. The normalized spacial score (nSPS) is 91.9. The van der Waals surface area contributed by atoms with Crippen LogP contribution in [0.4, 0.5) is 0 Å². The zero-order chi connectivity index (χ0) is 9.14. The quantitative estimate of drug-likeness (QED) is 0.526. The topological polar surface area (TPSA) is 9.23 Å². The van der Waals surface area contributed by atoms with Crippen molar-refractivity contribution in [3.8, 4) is 0 Å². The average molecular weight is 186 g/mol. The number of hydrogen-bond acceptors (Lipinski definition) is 1. The Morgan fingerprint density at radius 2 is 1.50 bits per heavy atom. The first-order chi connectivity index (χ1) is 6.64. The van der Waals surface area contributed by atoms with Crippen LogP contribution in [0.2, 0.25) is 0 Å². The van der Waals surface area contributed by atoms with Gasteiger partial charge in [-0.1, -0.05) is 12.2 Å². The van der Waals surface area contributed by atoms with E-state index in [4.69, 9.17) is 4.74 Å². The third kappa shape index (κ3) is 0.211. The van der Waals surface area contributed by atoms with Crippen LogP contribution in [-0.2, 0) is 4.74 Å². The second kappa shape index (κ2) is 1.10. The minimum absolute atomic E-state index is 0.263. The molecular weight excluding hydrogens is 172 g/mol. The van der Waals surface area contributed by atoms with Crippen molar-refractivity contribution in [3.63, 3.8) is 0 Å². The molecule has 8 atom stereocenters. The Kier molecular flexibility index (Phi) is 0.498. The summed E-state index contributed by atoms with van der Waals surface area (Å²) in [7, 11) is 0. The first-order valence-electron chi connectivity index (χ1n) is 6.04. The van der Waals surface area contributed by atoms with Gasteiger partial charge in [0, 0.05) is 10.8 Å². The molecule has 7 rings (SSSR count). The molecule has 2 spiro atoms. The van der Waals surface area contributed by atoms with Crippen LogP contribution in [0.25, 0.3) is 0 Å². The summed E-state index contributed by atoms with van der Waals surface area (Å²) >= 11 is 0. The van der Waals surface area contributed by atoms with E-state index >= 15 is 0 Å². The van der Waals surface area contributed by atoms with Crippen LogP contribution in [0.5, 0.6) is 0 Å². The van der Waals surface area contributed by atoms with Gasteiger partial charge >= 0.3 is 0 Å². The van der Waals surface area contributed by atoms with Crippen molar-refractivity contribution in [1.82, 2.24) is 0 Å². The molecule has 6 fully saturated rings. The molecule has 0 aromatic carbocycles. The molecule has 8 unspecified atom stereocenters. The Bertz CT molecular complexity index is 428. The second-order valence-electron chi connectivity index (χ2n) is 6.89. The van der Waals surface area contributed by atoms with Gasteiger partial charge in [-0.05, 0) is 43.9 Å². The highest BCUT2D eigenvalue weighted by Gasteiger charge is 3.06. The molecule has 14 heavy (non-hydrogen) atoms. The molecule has 72 valence electrons. The van der Waals surface area contributed by atoms with Crippen molar-refractivity contribution >= 4 is 0 Å². The minimum atomic E-state index is 0.263. The van der Waals surface area contributed by atoms with Crippen LogP contribution in [0.1, 0.15) is 20.3 Å². The molecule has 2 aliphatic heterocycles. The molecule has 0 amide bonds. The summed E-state index contributed by atoms with van der Waals surface area (Å²) in [4.78, 5) is 0. The first-order valence-corrected chi connectivity index (χ1v) is 6.04. The van der Waals surface area contributed by atoms with Gasteiger partial charge in [-0.25, -0.2) is 0 Å². The maximum absolute atomic E-state index is 6.48. The Morgan fingerprint density at radius 3 is 1.93 bits per heavy atom. The van der Waals surface area contributed by atoms with E-state index in [2.05, 4.69) is 26.0 Å². The molecule has 5 aliphatic carbocycles. The fraction of sp³-hybridized carbons (Fsp3) is 0.846. The smallest absolute Gasteiger partial charge is 0.0799 e. The Hall–Kier alpha value is -0.300. The van der Waals surface area contributed by atoms with Crippen molar-refractivity contribution in [3.05, 3.63) is 12.2 Å². The van der Waals surface area contributed by atoms with E-state index in [1.54, 1.807) is 0 Å². The van der Waals surface area contributed by atoms with Crippen molar-refractivity contribution in [1.29, 1.82) is 0 Å². The third-order valence-corrected chi connectivity index (χ3v) is 7.56. The molecule has 0 aromatic rings. The van der Waals surface area contributed by atoms with Crippen LogP contribution in [0, 0.1) is 34.5 Å². The summed E-state index contributed by atoms with van der Waals surface area (Å²) in [6, 6.07) is 0. The highest BCUT2D eigenvalue weighted by molar-refractivity contribution is 5.61. The lowest BCUT2D eigenvalue weighted by molar-refractivity contribution is -0.253. The molecule has 4 saturated carbocycles. The predicted octanol–water partition coefficient (Wildman–Crippen LogP) is 1.99. The number of rotatable bonds is 0. The van der Waals surface area contributed by atoms with Gasteiger partial charge in [0.2, 0.25) is 0 Å². The van der Waals surface area contributed by atoms with E-state index in [0.29, 0.717) is 10.8 Å². The van der Waals surface area contributed by atoms with E-state index in [0.717, 1.165) is 23.7 Å². The molecule has 7 aliphatic rings. The first kappa shape index (κ1) is 6.32. The highest BCUT2D eigenvalue weighted by atomic mass is 16.6. The lowest BCUT2D eigenvalue weighted by Gasteiger charge is -2.79. The monoisotopic (exact) mass is 186 g/mol. The van der Waals surface area contributed by atoms with E-state index in [9.17, 15) is 0 Å². The van der Waals surface area contributed by atoms with Gasteiger partial charge in [-0.15, -0.1) is 0 Å². The summed E-state index contributed by atoms with van der Waals surface area (Å²) in [6.45, 7) is 4.80. The second-order valence-corrected chi connectivity index (χ2v) is 6.89. The lowest BCUT2D eigenvalue weighted by atomic mass is 9.21. The van der Waals surface area contributed by atoms with Gasteiger partial charge in [0.05, 0.1) is 11.2 Å². The molecule has 2 heterocycles. The third-order valence-electron chi connectivity index (χ3n) is 7.56.